The minimum atomic E-state index is 0.327. The first-order chi connectivity index (χ1) is 5.77. The van der Waals surface area contributed by atoms with E-state index in [0.717, 1.165) is 10.9 Å². The third-order valence-electron chi connectivity index (χ3n) is 1.86. The van der Waals surface area contributed by atoms with E-state index < -0.39 is 0 Å². The Balaban J connectivity index is 2.86. The largest absolute Gasteiger partial charge is 0.368 e. The van der Waals surface area contributed by atoms with E-state index in [1.54, 1.807) is 6.20 Å². The van der Waals surface area contributed by atoms with Gasteiger partial charge in [-0.3, -0.25) is 0 Å². The number of nitrogens with two attached hydrogens (primary N) is 1. The number of rotatable bonds is 0. The highest BCUT2D eigenvalue weighted by molar-refractivity contribution is 5.81. The summed E-state index contributed by atoms with van der Waals surface area (Å²) in [6, 6.07) is 5.92. The molecule has 0 aliphatic rings. The zero-order chi connectivity index (χ0) is 8.55. The van der Waals surface area contributed by atoms with Crippen molar-refractivity contribution >= 4 is 16.9 Å². The van der Waals surface area contributed by atoms with E-state index >= 15 is 0 Å². The fourth-order valence-electron chi connectivity index (χ4n) is 1.21. The van der Waals surface area contributed by atoms with Gasteiger partial charge in [0.25, 0.3) is 0 Å². The van der Waals surface area contributed by atoms with Gasteiger partial charge in [0.1, 0.15) is 0 Å². The second kappa shape index (κ2) is 2.44. The van der Waals surface area contributed by atoms with Gasteiger partial charge in [0.05, 0.1) is 5.52 Å². The van der Waals surface area contributed by atoms with Crippen LogP contribution in [0.1, 0.15) is 5.56 Å². The number of aromatic nitrogens is 2. The second-order valence-electron chi connectivity index (χ2n) is 2.74. The zero-order valence-electron chi connectivity index (χ0n) is 6.78. The van der Waals surface area contributed by atoms with E-state index in [9.17, 15) is 0 Å². The molecular formula is C9H9N3. The molecule has 2 aromatic rings. The van der Waals surface area contributed by atoms with Gasteiger partial charge in [-0.25, -0.2) is 9.97 Å². The van der Waals surface area contributed by atoms with Crippen molar-refractivity contribution in [3.05, 3.63) is 30.0 Å². The topological polar surface area (TPSA) is 51.8 Å². The first kappa shape index (κ1) is 7.03. The first-order valence-electron chi connectivity index (χ1n) is 3.75. The summed E-state index contributed by atoms with van der Waals surface area (Å²) in [5.74, 6) is 0.327. The third kappa shape index (κ3) is 0.993. The quantitative estimate of drug-likeness (QED) is 0.634. The number of hydrogen-bond acceptors (Lipinski definition) is 3. The van der Waals surface area contributed by atoms with Crippen LogP contribution in [-0.4, -0.2) is 9.97 Å². The number of nitrogens with zero attached hydrogens (tertiary/aromatic N) is 2. The molecule has 12 heavy (non-hydrogen) atoms. The summed E-state index contributed by atoms with van der Waals surface area (Å²) in [7, 11) is 0. The molecule has 1 heterocycles. The molecule has 0 unspecified atom stereocenters. The molecule has 3 heteroatoms. The molecule has 0 aliphatic heterocycles. The van der Waals surface area contributed by atoms with Crippen molar-refractivity contribution in [2.24, 2.45) is 0 Å². The second-order valence-corrected chi connectivity index (χ2v) is 2.74. The smallest absolute Gasteiger partial charge is 0.220 e. The van der Waals surface area contributed by atoms with Crippen LogP contribution in [0.3, 0.4) is 0 Å². The molecule has 0 radical (unpaired) electrons. The van der Waals surface area contributed by atoms with Gasteiger partial charge in [0, 0.05) is 11.6 Å². The average Bonchev–Trinajstić information content (AvgIpc) is 2.04. The maximum atomic E-state index is 5.45. The molecule has 0 spiro atoms. The Kier molecular flexibility index (Phi) is 1.43. The lowest BCUT2D eigenvalue weighted by Crippen LogP contribution is -1.94. The van der Waals surface area contributed by atoms with E-state index in [1.807, 2.05) is 25.1 Å². The number of anilines is 1. The normalized spacial score (nSPS) is 10.4. The minimum Gasteiger partial charge on any atom is -0.368 e. The van der Waals surface area contributed by atoms with Crippen molar-refractivity contribution < 1.29 is 0 Å². The molecule has 0 saturated heterocycles. The molecule has 3 nitrogen and oxygen atoms in total. The summed E-state index contributed by atoms with van der Waals surface area (Å²) in [4.78, 5) is 8.04. The van der Waals surface area contributed by atoms with Crippen LogP contribution >= 0.6 is 0 Å². The Morgan fingerprint density at radius 2 is 2.17 bits per heavy atom. The van der Waals surface area contributed by atoms with Crippen molar-refractivity contribution in [2.45, 2.75) is 6.92 Å². The van der Waals surface area contributed by atoms with Crippen LogP contribution in [0.5, 0.6) is 0 Å². The fraction of sp³-hybridized carbons (Fsp3) is 0.111. The van der Waals surface area contributed by atoms with E-state index in [4.69, 9.17) is 5.73 Å². The molecule has 2 rings (SSSR count). The van der Waals surface area contributed by atoms with Crippen LogP contribution in [-0.2, 0) is 0 Å². The highest BCUT2D eigenvalue weighted by atomic mass is 15.0. The van der Waals surface area contributed by atoms with E-state index in [-0.39, 0.29) is 0 Å². The highest BCUT2D eigenvalue weighted by Gasteiger charge is 1.97. The number of hydrogen-bond donors (Lipinski definition) is 1. The number of benzene rings is 1. The van der Waals surface area contributed by atoms with Gasteiger partial charge in [-0.15, -0.1) is 0 Å². The van der Waals surface area contributed by atoms with Crippen LogP contribution in [0.15, 0.2) is 24.4 Å². The molecule has 0 amide bonds. The Hall–Kier alpha value is -1.64. The molecule has 1 aromatic heterocycles. The molecule has 0 atom stereocenters. The van der Waals surface area contributed by atoms with Crippen LogP contribution in [0, 0.1) is 6.92 Å². The number of nitrogen functional groups attached to an aromatic ring is 1. The minimum absolute atomic E-state index is 0.327. The summed E-state index contributed by atoms with van der Waals surface area (Å²) in [5.41, 5.74) is 7.53. The molecule has 2 N–H and O–H groups in total. The maximum Gasteiger partial charge on any atom is 0.220 e. The SMILES string of the molecule is Cc1cccc2nc(N)ncc12. The van der Waals surface area contributed by atoms with Crippen molar-refractivity contribution in [3.8, 4) is 0 Å². The van der Waals surface area contributed by atoms with Crippen molar-refractivity contribution in [2.75, 3.05) is 5.73 Å². The predicted molar refractivity (Wildman–Crippen MR) is 48.7 cm³/mol. The van der Waals surface area contributed by atoms with Gasteiger partial charge in [-0.2, -0.15) is 0 Å². The molecule has 0 fully saturated rings. The van der Waals surface area contributed by atoms with Gasteiger partial charge < -0.3 is 5.73 Å². The Labute approximate surface area is 70.3 Å². The summed E-state index contributed by atoms with van der Waals surface area (Å²) in [5, 5.41) is 1.06. The van der Waals surface area contributed by atoms with Crippen LogP contribution < -0.4 is 5.73 Å². The fourth-order valence-corrected chi connectivity index (χ4v) is 1.21. The summed E-state index contributed by atoms with van der Waals surface area (Å²) >= 11 is 0. The van der Waals surface area contributed by atoms with Gasteiger partial charge in [-0.05, 0) is 18.6 Å². The summed E-state index contributed by atoms with van der Waals surface area (Å²) in [6.07, 6.45) is 1.76. The zero-order valence-corrected chi connectivity index (χ0v) is 6.78. The molecule has 0 saturated carbocycles. The standard InChI is InChI=1S/C9H9N3/c1-6-3-2-4-8-7(6)5-11-9(10)12-8/h2-5H,1H3,(H2,10,11,12). The first-order valence-corrected chi connectivity index (χ1v) is 3.75. The van der Waals surface area contributed by atoms with E-state index in [1.165, 1.54) is 5.56 Å². The number of aryl methyl sites for hydroxylation is 1. The predicted octanol–water partition coefficient (Wildman–Crippen LogP) is 1.52. The van der Waals surface area contributed by atoms with Crippen LogP contribution in [0.25, 0.3) is 10.9 Å². The monoisotopic (exact) mass is 159 g/mol. The van der Waals surface area contributed by atoms with E-state index in [2.05, 4.69) is 9.97 Å². The van der Waals surface area contributed by atoms with Gasteiger partial charge in [-0.1, -0.05) is 12.1 Å². The van der Waals surface area contributed by atoms with Gasteiger partial charge >= 0.3 is 0 Å². The molecule has 0 aliphatic carbocycles. The lowest BCUT2D eigenvalue weighted by molar-refractivity contribution is 1.23. The van der Waals surface area contributed by atoms with Crippen molar-refractivity contribution in [1.82, 2.24) is 9.97 Å². The molecule has 0 bridgehead atoms. The van der Waals surface area contributed by atoms with Crippen LogP contribution in [0.2, 0.25) is 0 Å². The Bertz CT molecular complexity index is 423. The van der Waals surface area contributed by atoms with Gasteiger partial charge in [0.15, 0.2) is 0 Å². The Morgan fingerprint density at radius 3 is 3.00 bits per heavy atom. The van der Waals surface area contributed by atoms with Gasteiger partial charge in [0.2, 0.25) is 5.95 Å². The summed E-state index contributed by atoms with van der Waals surface area (Å²) in [6.45, 7) is 2.03. The molecule has 1 aromatic carbocycles. The van der Waals surface area contributed by atoms with Crippen LogP contribution in [0.4, 0.5) is 5.95 Å². The van der Waals surface area contributed by atoms with E-state index in [0.29, 0.717) is 5.95 Å². The number of fused-ring (bicyclic) bond motifs is 1. The molecule has 60 valence electrons. The lowest BCUT2D eigenvalue weighted by Gasteiger charge is -1.99. The molecular weight excluding hydrogens is 150 g/mol. The third-order valence-corrected chi connectivity index (χ3v) is 1.86. The van der Waals surface area contributed by atoms with Crippen molar-refractivity contribution in [3.63, 3.8) is 0 Å². The average molecular weight is 159 g/mol. The van der Waals surface area contributed by atoms with Crippen molar-refractivity contribution in [1.29, 1.82) is 0 Å². The lowest BCUT2D eigenvalue weighted by atomic mass is 10.1. The highest BCUT2D eigenvalue weighted by Crippen LogP contribution is 2.14. The Morgan fingerprint density at radius 1 is 1.33 bits per heavy atom. The summed E-state index contributed by atoms with van der Waals surface area (Å²) < 4.78 is 0. The maximum absolute atomic E-state index is 5.45.